The van der Waals surface area contributed by atoms with Crippen LogP contribution in [0, 0.1) is 0 Å². The first-order valence-corrected chi connectivity index (χ1v) is 5.31. The van der Waals surface area contributed by atoms with E-state index in [9.17, 15) is 9.59 Å². The van der Waals surface area contributed by atoms with Crippen LogP contribution in [-0.4, -0.2) is 26.2 Å². The number of rotatable bonds is 3. The maximum absolute atomic E-state index is 11.2. The topological polar surface area (TPSA) is 52.6 Å². The molecule has 0 heterocycles. The van der Waals surface area contributed by atoms with Crippen molar-refractivity contribution >= 4 is 27.9 Å². The Morgan fingerprint density at radius 3 is 2.44 bits per heavy atom. The van der Waals surface area contributed by atoms with Gasteiger partial charge in [0.2, 0.25) is 0 Å². The molecule has 0 bridgehead atoms. The lowest BCUT2D eigenvalue weighted by molar-refractivity contribution is -0.139. The minimum atomic E-state index is -0.412. The van der Waals surface area contributed by atoms with E-state index < -0.39 is 5.97 Å². The van der Waals surface area contributed by atoms with Gasteiger partial charge in [-0.3, -0.25) is 4.79 Å². The number of methoxy groups -OCH3 is 2. The third kappa shape index (κ3) is 3.06. The highest BCUT2D eigenvalue weighted by Gasteiger charge is 2.10. The molecule has 16 heavy (non-hydrogen) atoms. The van der Waals surface area contributed by atoms with Crippen molar-refractivity contribution in [2.45, 2.75) is 6.42 Å². The van der Waals surface area contributed by atoms with Crippen LogP contribution < -0.4 is 0 Å². The monoisotopic (exact) mass is 286 g/mol. The first kappa shape index (κ1) is 12.7. The molecule has 1 aromatic rings. The van der Waals surface area contributed by atoms with E-state index >= 15 is 0 Å². The van der Waals surface area contributed by atoms with E-state index in [0.717, 1.165) is 5.56 Å². The van der Waals surface area contributed by atoms with Crippen LogP contribution in [0.5, 0.6) is 0 Å². The van der Waals surface area contributed by atoms with Crippen LogP contribution in [0.4, 0.5) is 0 Å². The Labute approximate surface area is 102 Å². The molecule has 86 valence electrons. The summed E-state index contributed by atoms with van der Waals surface area (Å²) in [4.78, 5) is 22.3. The van der Waals surface area contributed by atoms with E-state index in [0.29, 0.717) is 10.0 Å². The first-order valence-electron chi connectivity index (χ1n) is 4.52. The number of carbonyl (C=O) groups is 2. The Kier molecular flexibility index (Phi) is 4.49. The van der Waals surface area contributed by atoms with Crippen molar-refractivity contribution in [3.63, 3.8) is 0 Å². The Morgan fingerprint density at radius 1 is 1.25 bits per heavy atom. The number of esters is 2. The predicted octanol–water partition coefficient (Wildman–Crippen LogP) is 1.95. The number of ether oxygens (including phenoxy) is 2. The molecule has 0 aliphatic heterocycles. The van der Waals surface area contributed by atoms with E-state index in [2.05, 4.69) is 25.4 Å². The molecular weight excluding hydrogens is 276 g/mol. The summed E-state index contributed by atoms with van der Waals surface area (Å²) in [6.07, 6.45) is 0.165. The summed E-state index contributed by atoms with van der Waals surface area (Å²) in [7, 11) is 2.65. The van der Waals surface area contributed by atoms with Gasteiger partial charge in [0.05, 0.1) is 26.2 Å². The fourth-order valence-corrected chi connectivity index (χ4v) is 1.68. The largest absolute Gasteiger partial charge is 0.469 e. The summed E-state index contributed by atoms with van der Waals surface area (Å²) in [5.74, 6) is -0.739. The molecule has 0 spiro atoms. The SMILES string of the molecule is COC(=O)Cc1ccc(C(=O)OC)cc1Br. The molecule has 1 aromatic carbocycles. The molecule has 0 aliphatic rings. The zero-order valence-electron chi connectivity index (χ0n) is 8.95. The maximum atomic E-state index is 11.2. The minimum absolute atomic E-state index is 0.165. The smallest absolute Gasteiger partial charge is 0.337 e. The number of carbonyl (C=O) groups excluding carboxylic acids is 2. The van der Waals surface area contributed by atoms with Crippen LogP contribution in [0.2, 0.25) is 0 Å². The summed E-state index contributed by atoms with van der Waals surface area (Å²) in [6, 6.07) is 4.91. The lowest BCUT2D eigenvalue weighted by atomic mass is 10.1. The molecule has 0 fully saturated rings. The fourth-order valence-electron chi connectivity index (χ4n) is 1.16. The standard InChI is InChI=1S/C11H11BrO4/c1-15-10(13)6-7-3-4-8(5-9(7)12)11(14)16-2/h3-5H,6H2,1-2H3. The third-order valence-electron chi connectivity index (χ3n) is 2.04. The molecule has 0 saturated carbocycles. The van der Waals surface area contributed by atoms with Gasteiger partial charge in [0.15, 0.2) is 0 Å². The molecule has 0 N–H and O–H groups in total. The average Bonchev–Trinajstić information content (AvgIpc) is 2.30. The van der Waals surface area contributed by atoms with Crippen molar-refractivity contribution < 1.29 is 19.1 Å². The molecule has 5 heteroatoms. The van der Waals surface area contributed by atoms with Gasteiger partial charge in [-0.1, -0.05) is 22.0 Å². The number of halogens is 1. The fraction of sp³-hybridized carbons (Fsp3) is 0.273. The summed E-state index contributed by atoms with van der Waals surface area (Å²) < 4.78 is 9.82. The van der Waals surface area contributed by atoms with Crippen LogP contribution in [0.1, 0.15) is 15.9 Å². The molecule has 0 atom stereocenters. The Balaban J connectivity index is 2.91. The lowest BCUT2D eigenvalue weighted by Gasteiger charge is -2.05. The molecule has 0 aliphatic carbocycles. The van der Waals surface area contributed by atoms with Gasteiger partial charge in [0.1, 0.15) is 0 Å². The molecular formula is C11H11BrO4. The molecule has 0 radical (unpaired) electrons. The third-order valence-corrected chi connectivity index (χ3v) is 2.77. The maximum Gasteiger partial charge on any atom is 0.337 e. The van der Waals surface area contributed by atoms with Gasteiger partial charge in [0.25, 0.3) is 0 Å². The van der Waals surface area contributed by atoms with Crippen molar-refractivity contribution in [1.29, 1.82) is 0 Å². The van der Waals surface area contributed by atoms with Crippen molar-refractivity contribution in [2.75, 3.05) is 14.2 Å². The van der Waals surface area contributed by atoms with Crippen LogP contribution in [0.15, 0.2) is 22.7 Å². The predicted molar refractivity (Wildman–Crippen MR) is 61.2 cm³/mol. The second-order valence-electron chi connectivity index (χ2n) is 3.05. The number of hydrogen-bond acceptors (Lipinski definition) is 4. The normalized spacial score (nSPS) is 9.69. The van der Waals surface area contributed by atoms with Gasteiger partial charge in [-0.25, -0.2) is 4.79 Å². The highest BCUT2D eigenvalue weighted by Crippen LogP contribution is 2.20. The van der Waals surface area contributed by atoms with Gasteiger partial charge >= 0.3 is 11.9 Å². The molecule has 4 nitrogen and oxygen atoms in total. The Morgan fingerprint density at radius 2 is 1.94 bits per heavy atom. The summed E-state index contributed by atoms with van der Waals surface area (Å²) in [5.41, 5.74) is 1.20. The highest BCUT2D eigenvalue weighted by atomic mass is 79.9. The van der Waals surface area contributed by atoms with E-state index in [4.69, 9.17) is 0 Å². The van der Waals surface area contributed by atoms with Crippen LogP contribution in [-0.2, 0) is 20.7 Å². The second kappa shape index (κ2) is 5.65. The highest BCUT2D eigenvalue weighted by molar-refractivity contribution is 9.10. The van der Waals surface area contributed by atoms with Crippen molar-refractivity contribution in [3.05, 3.63) is 33.8 Å². The van der Waals surface area contributed by atoms with E-state index in [1.165, 1.54) is 14.2 Å². The van der Waals surface area contributed by atoms with Crippen molar-refractivity contribution in [3.8, 4) is 0 Å². The van der Waals surface area contributed by atoms with Crippen molar-refractivity contribution in [1.82, 2.24) is 0 Å². The quantitative estimate of drug-likeness (QED) is 0.797. The van der Waals surface area contributed by atoms with E-state index in [1.54, 1.807) is 18.2 Å². The number of hydrogen-bond donors (Lipinski definition) is 0. The van der Waals surface area contributed by atoms with Crippen LogP contribution in [0.25, 0.3) is 0 Å². The van der Waals surface area contributed by atoms with E-state index in [-0.39, 0.29) is 12.4 Å². The Hall–Kier alpha value is -1.36. The minimum Gasteiger partial charge on any atom is -0.469 e. The zero-order valence-corrected chi connectivity index (χ0v) is 10.5. The lowest BCUT2D eigenvalue weighted by Crippen LogP contribution is -2.06. The van der Waals surface area contributed by atoms with E-state index in [1.807, 2.05) is 0 Å². The Bertz CT molecular complexity index is 414. The molecule has 0 saturated heterocycles. The first-order chi connectivity index (χ1) is 7.58. The van der Waals surface area contributed by atoms with Gasteiger partial charge in [-0.15, -0.1) is 0 Å². The molecule has 0 unspecified atom stereocenters. The molecule has 0 aromatic heterocycles. The van der Waals surface area contributed by atoms with Crippen molar-refractivity contribution in [2.24, 2.45) is 0 Å². The average molecular weight is 287 g/mol. The number of benzene rings is 1. The second-order valence-corrected chi connectivity index (χ2v) is 3.91. The van der Waals surface area contributed by atoms with Crippen LogP contribution in [0.3, 0.4) is 0 Å². The van der Waals surface area contributed by atoms with Crippen LogP contribution >= 0.6 is 15.9 Å². The summed E-state index contributed by atoms with van der Waals surface area (Å²) in [6.45, 7) is 0. The summed E-state index contributed by atoms with van der Waals surface area (Å²) in [5, 5.41) is 0. The molecule has 0 amide bonds. The summed E-state index contributed by atoms with van der Waals surface area (Å²) >= 11 is 3.29. The van der Waals surface area contributed by atoms with Gasteiger partial charge in [-0.2, -0.15) is 0 Å². The van der Waals surface area contributed by atoms with Gasteiger partial charge in [-0.05, 0) is 17.7 Å². The van der Waals surface area contributed by atoms with Gasteiger partial charge < -0.3 is 9.47 Å². The van der Waals surface area contributed by atoms with Gasteiger partial charge in [0, 0.05) is 4.47 Å². The molecule has 1 rings (SSSR count). The zero-order chi connectivity index (χ0) is 12.1.